The van der Waals surface area contributed by atoms with Crippen LogP contribution in [0.4, 0.5) is 0 Å². The van der Waals surface area contributed by atoms with Crippen molar-refractivity contribution >= 4 is 0 Å². The van der Waals surface area contributed by atoms with Crippen LogP contribution in [0.2, 0.25) is 0 Å². The molecule has 0 unspecified atom stereocenters. The van der Waals surface area contributed by atoms with E-state index in [2.05, 4.69) is 48.7 Å². The zero-order valence-electron chi connectivity index (χ0n) is 10.0. The molecule has 0 fully saturated rings. The van der Waals surface area contributed by atoms with Crippen molar-refractivity contribution < 1.29 is 0 Å². The lowest BCUT2D eigenvalue weighted by molar-refractivity contribution is 0.644. The largest absolute Gasteiger partial charge is 0.318 e. The number of likely N-dealkylation sites (N-methyl/N-ethyl adjacent to an activating group) is 1. The van der Waals surface area contributed by atoms with Crippen molar-refractivity contribution in [3.05, 3.63) is 35.4 Å². The van der Waals surface area contributed by atoms with E-state index in [1.54, 1.807) is 0 Å². The van der Waals surface area contributed by atoms with E-state index in [0.29, 0.717) is 5.92 Å². The van der Waals surface area contributed by atoms with Gasteiger partial charge in [-0.15, -0.1) is 0 Å². The number of hydrogen-bond donors (Lipinski definition) is 2. The van der Waals surface area contributed by atoms with Gasteiger partial charge in [0.05, 0.1) is 0 Å². The molecule has 0 saturated carbocycles. The summed E-state index contributed by atoms with van der Waals surface area (Å²) in [5.41, 5.74) is 2.87. The van der Waals surface area contributed by atoms with Gasteiger partial charge in [-0.25, -0.2) is 0 Å². The fourth-order valence-corrected chi connectivity index (χ4v) is 1.69. The van der Waals surface area contributed by atoms with Crippen molar-refractivity contribution in [2.75, 3.05) is 20.1 Å². The summed E-state index contributed by atoms with van der Waals surface area (Å²) in [6.07, 6.45) is 0. The van der Waals surface area contributed by atoms with Crippen molar-refractivity contribution in [1.82, 2.24) is 10.6 Å². The molecular weight excluding hydrogens is 184 g/mol. The average Bonchev–Trinajstić information content (AvgIpc) is 2.25. The van der Waals surface area contributed by atoms with Crippen LogP contribution in [0.3, 0.4) is 0 Å². The predicted molar refractivity (Wildman–Crippen MR) is 66.2 cm³/mol. The van der Waals surface area contributed by atoms with Crippen LogP contribution in [0.15, 0.2) is 24.3 Å². The van der Waals surface area contributed by atoms with Crippen LogP contribution in [0.1, 0.15) is 30.9 Å². The first kappa shape index (κ1) is 12.2. The highest BCUT2D eigenvalue weighted by molar-refractivity contribution is 5.29. The lowest BCUT2D eigenvalue weighted by atomic mass is 9.97. The smallest absolute Gasteiger partial charge is 0.0208 e. The Balaban J connectivity index is 2.52. The van der Waals surface area contributed by atoms with Gasteiger partial charge in [0.2, 0.25) is 0 Å². The Hall–Kier alpha value is -0.860. The molecule has 15 heavy (non-hydrogen) atoms. The molecule has 0 radical (unpaired) electrons. The van der Waals surface area contributed by atoms with Crippen LogP contribution in [0.5, 0.6) is 0 Å². The second-order valence-electron chi connectivity index (χ2n) is 4.13. The van der Waals surface area contributed by atoms with E-state index >= 15 is 0 Å². The molecular formula is C13H22N2. The molecule has 0 heterocycles. The maximum atomic E-state index is 3.44. The van der Waals surface area contributed by atoms with Gasteiger partial charge < -0.3 is 10.6 Å². The van der Waals surface area contributed by atoms with Crippen LogP contribution in [0.25, 0.3) is 0 Å². The highest BCUT2D eigenvalue weighted by atomic mass is 14.9. The first-order valence-electron chi connectivity index (χ1n) is 5.68. The first-order chi connectivity index (χ1) is 7.25. The van der Waals surface area contributed by atoms with Gasteiger partial charge in [-0.3, -0.25) is 0 Å². The van der Waals surface area contributed by atoms with Gasteiger partial charge in [-0.2, -0.15) is 0 Å². The fourth-order valence-electron chi connectivity index (χ4n) is 1.69. The summed E-state index contributed by atoms with van der Waals surface area (Å²) in [6.45, 7) is 7.49. The number of hydrogen-bond acceptors (Lipinski definition) is 2. The second-order valence-corrected chi connectivity index (χ2v) is 4.13. The minimum absolute atomic E-state index is 0.604. The lowest BCUT2D eigenvalue weighted by Gasteiger charge is -2.13. The van der Waals surface area contributed by atoms with Gasteiger partial charge in [0.1, 0.15) is 0 Å². The molecule has 1 aromatic carbocycles. The summed E-state index contributed by atoms with van der Waals surface area (Å²) in [4.78, 5) is 0. The molecule has 84 valence electrons. The molecule has 0 aliphatic carbocycles. The zero-order valence-corrected chi connectivity index (χ0v) is 10.0. The van der Waals surface area contributed by atoms with Crippen molar-refractivity contribution in [2.24, 2.45) is 0 Å². The molecule has 0 atom stereocenters. The summed E-state index contributed by atoms with van der Waals surface area (Å²) in [6, 6.07) is 8.66. The Morgan fingerprint density at radius 2 is 1.87 bits per heavy atom. The van der Waals surface area contributed by atoms with Gasteiger partial charge in [-0.05, 0) is 24.1 Å². The molecule has 1 rings (SSSR count). The topological polar surface area (TPSA) is 24.1 Å². The lowest BCUT2D eigenvalue weighted by Crippen LogP contribution is -2.24. The highest BCUT2D eigenvalue weighted by Crippen LogP contribution is 2.18. The maximum absolute atomic E-state index is 3.44. The molecule has 2 N–H and O–H groups in total. The third-order valence-electron chi connectivity index (χ3n) is 2.54. The molecule has 0 aromatic heterocycles. The molecule has 0 aliphatic rings. The molecule has 2 heteroatoms. The zero-order chi connectivity index (χ0) is 11.1. The van der Waals surface area contributed by atoms with Gasteiger partial charge in [0.15, 0.2) is 0 Å². The van der Waals surface area contributed by atoms with Crippen molar-refractivity contribution in [3.63, 3.8) is 0 Å². The Morgan fingerprint density at radius 3 is 2.53 bits per heavy atom. The normalized spacial score (nSPS) is 10.9. The fraction of sp³-hybridized carbons (Fsp3) is 0.538. The SMILES string of the molecule is CNCCNCc1ccccc1C(C)C. The Kier molecular flexibility index (Phi) is 5.37. The third-order valence-corrected chi connectivity index (χ3v) is 2.54. The maximum Gasteiger partial charge on any atom is 0.0208 e. The highest BCUT2D eigenvalue weighted by Gasteiger charge is 2.04. The van der Waals surface area contributed by atoms with Gasteiger partial charge in [-0.1, -0.05) is 38.1 Å². The molecule has 2 nitrogen and oxygen atoms in total. The van der Waals surface area contributed by atoms with E-state index in [1.807, 2.05) is 7.05 Å². The summed E-state index contributed by atoms with van der Waals surface area (Å²) in [5, 5.41) is 6.56. The van der Waals surface area contributed by atoms with E-state index in [1.165, 1.54) is 11.1 Å². The van der Waals surface area contributed by atoms with Gasteiger partial charge >= 0.3 is 0 Å². The first-order valence-corrected chi connectivity index (χ1v) is 5.68. The van der Waals surface area contributed by atoms with Crippen LogP contribution in [-0.4, -0.2) is 20.1 Å². The van der Waals surface area contributed by atoms with Gasteiger partial charge in [0.25, 0.3) is 0 Å². The monoisotopic (exact) mass is 206 g/mol. The molecule has 0 amide bonds. The summed E-state index contributed by atoms with van der Waals surface area (Å²) in [7, 11) is 1.98. The summed E-state index contributed by atoms with van der Waals surface area (Å²) < 4.78 is 0. The van der Waals surface area contributed by atoms with Crippen molar-refractivity contribution in [3.8, 4) is 0 Å². The molecule has 0 spiro atoms. The molecule has 0 saturated heterocycles. The van der Waals surface area contributed by atoms with E-state index in [0.717, 1.165) is 19.6 Å². The minimum Gasteiger partial charge on any atom is -0.318 e. The molecule has 0 bridgehead atoms. The van der Waals surface area contributed by atoms with Crippen molar-refractivity contribution in [1.29, 1.82) is 0 Å². The summed E-state index contributed by atoms with van der Waals surface area (Å²) in [5.74, 6) is 0.604. The van der Waals surface area contributed by atoms with E-state index in [-0.39, 0.29) is 0 Å². The Morgan fingerprint density at radius 1 is 1.13 bits per heavy atom. The second kappa shape index (κ2) is 6.59. The standard InChI is InChI=1S/C13H22N2/c1-11(2)13-7-5-4-6-12(13)10-15-9-8-14-3/h4-7,11,14-15H,8-10H2,1-3H3. The number of nitrogens with one attached hydrogen (secondary N) is 2. The quantitative estimate of drug-likeness (QED) is 0.697. The van der Waals surface area contributed by atoms with E-state index in [4.69, 9.17) is 0 Å². The molecule has 1 aromatic rings. The summed E-state index contributed by atoms with van der Waals surface area (Å²) >= 11 is 0. The third kappa shape index (κ3) is 4.02. The number of rotatable bonds is 6. The van der Waals surface area contributed by atoms with E-state index < -0.39 is 0 Å². The predicted octanol–water partition coefficient (Wildman–Crippen LogP) is 2.12. The van der Waals surface area contributed by atoms with Crippen LogP contribution in [-0.2, 0) is 6.54 Å². The number of benzene rings is 1. The van der Waals surface area contributed by atoms with Crippen LogP contribution >= 0.6 is 0 Å². The average molecular weight is 206 g/mol. The minimum atomic E-state index is 0.604. The van der Waals surface area contributed by atoms with Crippen LogP contribution in [0, 0.1) is 0 Å². The molecule has 0 aliphatic heterocycles. The van der Waals surface area contributed by atoms with Crippen molar-refractivity contribution in [2.45, 2.75) is 26.3 Å². The Bertz CT molecular complexity index is 282. The van der Waals surface area contributed by atoms with Gasteiger partial charge in [0, 0.05) is 19.6 Å². The van der Waals surface area contributed by atoms with E-state index in [9.17, 15) is 0 Å². The van der Waals surface area contributed by atoms with Crippen LogP contribution < -0.4 is 10.6 Å². The Labute approximate surface area is 93.1 Å².